The van der Waals surface area contributed by atoms with Gasteiger partial charge in [-0.25, -0.2) is 9.59 Å². The maximum atomic E-state index is 12.1. The average molecular weight is 331 g/mol. The summed E-state index contributed by atoms with van der Waals surface area (Å²) in [7, 11) is 0. The summed E-state index contributed by atoms with van der Waals surface area (Å²) < 4.78 is 4.91. The topological polar surface area (TPSA) is 96.5 Å². The Morgan fingerprint density at radius 1 is 1.21 bits per heavy atom. The van der Waals surface area contributed by atoms with Crippen LogP contribution in [0.1, 0.15) is 13.8 Å². The van der Waals surface area contributed by atoms with Crippen LogP contribution in [0.2, 0.25) is 0 Å². The van der Waals surface area contributed by atoms with Crippen LogP contribution in [0.4, 0.5) is 10.5 Å². The van der Waals surface area contributed by atoms with Crippen molar-refractivity contribution < 1.29 is 19.1 Å². The highest BCUT2D eigenvalue weighted by Gasteiger charge is 2.26. The van der Waals surface area contributed by atoms with Crippen LogP contribution in [-0.2, 0) is 14.3 Å². The third-order valence-electron chi connectivity index (χ3n) is 2.97. The fourth-order valence-electron chi connectivity index (χ4n) is 1.75. The van der Waals surface area contributed by atoms with Gasteiger partial charge in [0.15, 0.2) is 6.61 Å². The van der Waals surface area contributed by atoms with Gasteiger partial charge in [0.05, 0.1) is 6.54 Å². The van der Waals surface area contributed by atoms with Gasteiger partial charge in [0.1, 0.15) is 6.04 Å². The Bertz CT molecular complexity index is 608. The molecule has 128 valence electrons. The summed E-state index contributed by atoms with van der Waals surface area (Å²) in [6.07, 6.45) is 5.01. The highest BCUT2D eigenvalue weighted by Crippen LogP contribution is 2.07. The van der Waals surface area contributed by atoms with E-state index in [1.165, 1.54) is 0 Å². The number of anilines is 1. The molecule has 1 aromatic rings. The van der Waals surface area contributed by atoms with Gasteiger partial charge in [-0.3, -0.25) is 4.79 Å². The van der Waals surface area contributed by atoms with Crippen LogP contribution in [0.3, 0.4) is 0 Å². The molecule has 0 unspecified atom stereocenters. The van der Waals surface area contributed by atoms with Gasteiger partial charge in [-0.2, -0.15) is 0 Å². The maximum Gasteiger partial charge on any atom is 0.329 e. The second kappa shape index (κ2) is 9.90. The zero-order valence-corrected chi connectivity index (χ0v) is 13.7. The van der Waals surface area contributed by atoms with Crippen molar-refractivity contribution in [2.24, 2.45) is 5.92 Å². The maximum absolute atomic E-state index is 12.1. The molecule has 0 radical (unpaired) electrons. The number of terminal acetylenes is 1. The third-order valence-corrected chi connectivity index (χ3v) is 2.97. The third kappa shape index (κ3) is 6.83. The first-order valence-corrected chi connectivity index (χ1v) is 7.43. The molecule has 7 heteroatoms. The summed E-state index contributed by atoms with van der Waals surface area (Å²) >= 11 is 0. The molecule has 0 aromatic heterocycles. The number of hydrogen-bond donors (Lipinski definition) is 3. The number of carbonyl (C=O) groups excluding carboxylic acids is 3. The standard InChI is InChI=1S/C17H21N3O4/c1-4-10-18-14(21)11-24-16(22)15(12(2)3)20-17(23)19-13-8-6-5-7-9-13/h1,5-9,12,15H,10-11H2,2-3H3,(H,18,21)(H2,19,20,23)/t15-/m1/s1. The van der Waals surface area contributed by atoms with Crippen molar-refractivity contribution in [3.8, 4) is 12.3 Å². The van der Waals surface area contributed by atoms with Crippen LogP contribution in [0.25, 0.3) is 0 Å². The molecule has 0 saturated carbocycles. The van der Waals surface area contributed by atoms with Crippen molar-refractivity contribution >= 4 is 23.6 Å². The fourth-order valence-corrected chi connectivity index (χ4v) is 1.75. The van der Waals surface area contributed by atoms with E-state index in [1.807, 2.05) is 6.07 Å². The predicted molar refractivity (Wildman–Crippen MR) is 90.0 cm³/mol. The molecule has 24 heavy (non-hydrogen) atoms. The number of carbonyl (C=O) groups is 3. The monoisotopic (exact) mass is 331 g/mol. The van der Waals surface area contributed by atoms with Gasteiger partial charge < -0.3 is 20.7 Å². The molecular formula is C17H21N3O4. The molecule has 0 aliphatic carbocycles. The zero-order valence-electron chi connectivity index (χ0n) is 13.7. The fraction of sp³-hybridized carbons (Fsp3) is 0.353. The van der Waals surface area contributed by atoms with E-state index < -0.39 is 30.6 Å². The number of hydrogen-bond acceptors (Lipinski definition) is 4. The first-order valence-electron chi connectivity index (χ1n) is 7.43. The van der Waals surface area contributed by atoms with E-state index in [9.17, 15) is 14.4 Å². The van der Waals surface area contributed by atoms with Gasteiger partial charge in [0, 0.05) is 5.69 Å². The van der Waals surface area contributed by atoms with Crippen LogP contribution in [0, 0.1) is 18.3 Å². The minimum Gasteiger partial charge on any atom is -0.454 e. The van der Waals surface area contributed by atoms with Gasteiger partial charge in [0.2, 0.25) is 0 Å². The first-order chi connectivity index (χ1) is 11.4. The Morgan fingerprint density at radius 2 is 1.88 bits per heavy atom. The molecule has 3 N–H and O–H groups in total. The molecule has 0 bridgehead atoms. The minimum atomic E-state index is -0.880. The number of para-hydroxylation sites is 1. The number of benzene rings is 1. The number of esters is 1. The van der Waals surface area contributed by atoms with Crippen LogP contribution in [-0.4, -0.2) is 37.1 Å². The van der Waals surface area contributed by atoms with E-state index in [0.717, 1.165) is 0 Å². The number of nitrogens with one attached hydrogen (secondary N) is 3. The molecule has 7 nitrogen and oxygen atoms in total. The molecule has 1 atom stereocenters. The highest BCUT2D eigenvalue weighted by atomic mass is 16.5. The number of rotatable bonds is 7. The molecule has 0 saturated heterocycles. The highest BCUT2D eigenvalue weighted by molar-refractivity contribution is 5.93. The smallest absolute Gasteiger partial charge is 0.329 e. The number of urea groups is 1. The largest absolute Gasteiger partial charge is 0.454 e. The number of ether oxygens (including phenoxy) is 1. The summed E-state index contributed by atoms with van der Waals surface area (Å²) in [5, 5.41) is 7.54. The van der Waals surface area contributed by atoms with E-state index in [0.29, 0.717) is 5.69 Å². The minimum absolute atomic E-state index is 0.0573. The lowest BCUT2D eigenvalue weighted by molar-refractivity contribution is -0.151. The lowest BCUT2D eigenvalue weighted by Gasteiger charge is -2.21. The summed E-state index contributed by atoms with van der Waals surface area (Å²) in [5.74, 6) is 0.831. The van der Waals surface area contributed by atoms with E-state index in [-0.39, 0.29) is 12.5 Å². The zero-order chi connectivity index (χ0) is 17.9. The summed E-state index contributed by atoms with van der Waals surface area (Å²) in [6.45, 7) is 3.12. The lowest BCUT2D eigenvalue weighted by Crippen LogP contribution is -2.47. The Morgan fingerprint density at radius 3 is 2.46 bits per heavy atom. The van der Waals surface area contributed by atoms with Gasteiger partial charge >= 0.3 is 12.0 Å². The first kappa shape index (κ1) is 19.0. The van der Waals surface area contributed by atoms with Crippen LogP contribution >= 0.6 is 0 Å². The summed E-state index contributed by atoms with van der Waals surface area (Å²) in [6, 6.07) is 7.40. The van der Waals surface area contributed by atoms with Gasteiger partial charge in [0.25, 0.3) is 5.91 Å². The van der Waals surface area contributed by atoms with E-state index in [4.69, 9.17) is 11.2 Å². The van der Waals surface area contributed by atoms with Crippen molar-refractivity contribution in [1.29, 1.82) is 0 Å². The van der Waals surface area contributed by atoms with Gasteiger partial charge in [-0.1, -0.05) is 38.0 Å². The second-order valence-corrected chi connectivity index (χ2v) is 5.27. The molecule has 0 fully saturated rings. The Kier molecular flexibility index (Phi) is 7.85. The van der Waals surface area contributed by atoms with Crippen molar-refractivity contribution in [3.63, 3.8) is 0 Å². The van der Waals surface area contributed by atoms with Crippen LogP contribution in [0.5, 0.6) is 0 Å². The van der Waals surface area contributed by atoms with Crippen molar-refractivity contribution in [2.75, 3.05) is 18.5 Å². The molecule has 0 heterocycles. The van der Waals surface area contributed by atoms with Crippen molar-refractivity contribution in [3.05, 3.63) is 30.3 Å². The molecule has 3 amide bonds. The Labute approximate surface area is 141 Å². The van der Waals surface area contributed by atoms with Crippen LogP contribution in [0.15, 0.2) is 30.3 Å². The Hall–Kier alpha value is -3.01. The average Bonchev–Trinajstić information content (AvgIpc) is 2.56. The van der Waals surface area contributed by atoms with Crippen molar-refractivity contribution in [2.45, 2.75) is 19.9 Å². The molecule has 0 spiro atoms. The van der Waals surface area contributed by atoms with E-state index in [2.05, 4.69) is 21.9 Å². The molecule has 0 aliphatic rings. The Balaban J connectivity index is 2.53. The second-order valence-electron chi connectivity index (χ2n) is 5.27. The molecule has 0 aliphatic heterocycles. The normalized spacial score (nSPS) is 11.1. The van der Waals surface area contributed by atoms with Crippen molar-refractivity contribution in [1.82, 2.24) is 10.6 Å². The number of amides is 3. The van der Waals surface area contributed by atoms with Gasteiger partial charge in [-0.15, -0.1) is 6.42 Å². The molecule has 1 rings (SSSR count). The van der Waals surface area contributed by atoms with Gasteiger partial charge in [-0.05, 0) is 18.1 Å². The lowest BCUT2D eigenvalue weighted by atomic mass is 10.1. The SMILES string of the molecule is C#CCNC(=O)COC(=O)[C@H](NC(=O)Nc1ccccc1)C(C)C. The molecular weight excluding hydrogens is 310 g/mol. The summed E-state index contributed by atoms with van der Waals surface area (Å²) in [4.78, 5) is 35.4. The quantitative estimate of drug-likeness (QED) is 0.515. The van der Waals surface area contributed by atoms with E-state index in [1.54, 1.807) is 38.1 Å². The molecule has 1 aromatic carbocycles. The van der Waals surface area contributed by atoms with E-state index >= 15 is 0 Å². The van der Waals surface area contributed by atoms with Crippen LogP contribution < -0.4 is 16.0 Å². The summed E-state index contributed by atoms with van der Waals surface area (Å²) in [5.41, 5.74) is 0.597. The predicted octanol–water partition coefficient (Wildman–Crippen LogP) is 1.13.